The van der Waals surface area contributed by atoms with E-state index in [-0.39, 0.29) is 0 Å². The van der Waals surface area contributed by atoms with E-state index < -0.39 is 11.9 Å². The molecule has 0 atom stereocenters. The molecule has 0 unspecified atom stereocenters. The van der Waals surface area contributed by atoms with Crippen LogP contribution in [0.1, 0.15) is 0 Å². The number of nitrogens with one attached hydrogen (secondary N) is 1. The lowest BCUT2D eigenvalue weighted by Gasteiger charge is -2.12. The summed E-state index contributed by atoms with van der Waals surface area (Å²) in [5.41, 5.74) is 1.42. The second-order valence-corrected chi connectivity index (χ2v) is 3.39. The molecule has 0 aliphatic rings. The fourth-order valence-corrected chi connectivity index (χ4v) is 1.59. The van der Waals surface area contributed by atoms with Gasteiger partial charge in [0, 0.05) is 24.1 Å². The number of aliphatic carboxylic acids is 1. The van der Waals surface area contributed by atoms with Gasteiger partial charge in [-0.3, -0.25) is 4.79 Å². The zero-order chi connectivity index (χ0) is 11.7. The third-order valence-corrected chi connectivity index (χ3v) is 2.42. The summed E-state index contributed by atoms with van der Waals surface area (Å²) >= 11 is 0. The van der Waals surface area contributed by atoms with E-state index in [0.717, 1.165) is 15.8 Å². The Balaban J connectivity index is 2.48. The molecular weight excluding hydrogens is 208 g/mol. The number of rotatable bonds is 1. The van der Waals surface area contributed by atoms with E-state index in [9.17, 15) is 9.59 Å². The standard InChI is InChI=1S/C11H10N2O3/c1-13(10(14)11(15)16)9-6-12-8-5-3-2-4-7(8)9/h2-6,12H,1H3,(H,15,16). The Morgan fingerprint density at radius 2 is 2.00 bits per heavy atom. The van der Waals surface area contributed by atoms with Crippen LogP contribution < -0.4 is 4.90 Å². The van der Waals surface area contributed by atoms with E-state index in [0.29, 0.717) is 5.69 Å². The van der Waals surface area contributed by atoms with Crippen molar-refractivity contribution in [1.82, 2.24) is 4.98 Å². The number of hydrogen-bond donors (Lipinski definition) is 2. The smallest absolute Gasteiger partial charge is 0.394 e. The van der Waals surface area contributed by atoms with Gasteiger partial charge in [-0.05, 0) is 6.07 Å². The summed E-state index contributed by atoms with van der Waals surface area (Å²) in [5, 5.41) is 9.44. The molecule has 0 spiro atoms. The van der Waals surface area contributed by atoms with Gasteiger partial charge in [-0.15, -0.1) is 0 Å². The summed E-state index contributed by atoms with van der Waals surface area (Å²) in [6.07, 6.45) is 1.62. The molecule has 0 radical (unpaired) electrons. The zero-order valence-corrected chi connectivity index (χ0v) is 8.60. The molecule has 16 heavy (non-hydrogen) atoms. The first-order chi connectivity index (χ1) is 7.61. The van der Waals surface area contributed by atoms with Crippen LogP contribution in [0.3, 0.4) is 0 Å². The van der Waals surface area contributed by atoms with Crippen molar-refractivity contribution in [3.8, 4) is 0 Å². The van der Waals surface area contributed by atoms with Crippen molar-refractivity contribution in [2.45, 2.75) is 0 Å². The van der Waals surface area contributed by atoms with E-state index in [1.54, 1.807) is 6.20 Å². The summed E-state index contributed by atoms with van der Waals surface area (Å²) in [7, 11) is 1.44. The van der Waals surface area contributed by atoms with Crippen LogP contribution in [0.5, 0.6) is 0 Å². The van der Waals surface area contributed by atoms with E-state index in [4.69, 9.17) is 5.11 Å². The van der Waals surface area contributed by atoms with Crippen molar-refractivity contribution in [3.05, 3.63) is 30.5 Å². The van der Waals surface area contributed by atoms with Crippen LogP contribution in [0.15, 0.2) is 30.5 Å². The topological polar surface area (TPSA) is 73.4 Å². The first-order valence-electron chi connectivity index (χ1n) is 4.68. The number of para-hydroxylation sites is 1. The molecule has 0 bridgehead atoms. The maximum atomic E-state index is 11.3. The number of hydrogen-bond acceptors (Lipinski definition) is 2. The number of anilines is 1. The van der Waals surface area contributed by atoms with Crippen LogP contribution in [-0.2, 0) is 9.59 Å². The van der Waals surface area contributed by atoms with Crippen molar-refractivity contribution < 1.29 is 14.7 Å². The lowest BCUT2D eigenvalue weighted by atomic mass is 10.2. The Morgan fingerprint density at radius 1 is 1.31 bits per heavy atom. The number of carbonyl (C=O) groups excluding carboxylic acids is 1. The van der Waals surface area contributed by atoms with Gasteiger partial charge in [-0.25, -0.2) is 4.79 Å². The molecule has 82 valence electrons. The number of carboxylic acids is 1. The number of carboxylic acid groups (broad SMARTS) is 1. The van der Waals surface area contributed by atoms with Crippen LogP contribution in [0.25, 0.3) is 10.9 Å². The Kier molecular flexibility index (Phi) is 2.36. The number of H-pyrrole nitrogens is 1. The highest BCUT2D eigenvalue weighted by Gasteiger charge is 2.20. The quantitative estimate of drug-likeness (QED) is 0.706. The fourth-order valence-electron chi connectivity index (χ4n) is 1.59. The Hall–Kier alpha value is -2.30. The molecule has 5 nitrogen and oxygen atoms in total. The molecular formula is C11H10N2O3. The summed E-state index contributed by atoms with van der Waals surface area (Å²) in [4.78, 5) is 26.0. The van der Waals surface area contributed by atoms with Gasteiger partial charge < -0.3 is 15.0 Å². The molecule has 5 heteroatoms. The molecule has 1 aromatic carbocycles. The molecule has 1 aromatic heterocycles. The summed E-state index contributed by atoms with van der Waals surface area (Å²) in [6.45, 7) is 0. The first kappa shape index (κ1) is 10.2. The van der Waals surface area contributed by atoms with Gasteiger partial charge in [-0.1, -0.05) is 18.2 Å². The molecule has 0 aliphatic heterocycles. The molecule has 1 heterocycles. The molecule has 0 fully saturated rings. The van der Waals surface area contributed by atoms with Crippen molar-refractivity contribution in [2.75, 3.05) is 11.9 Å². The van der Waals surface area contributed by atoms with Gasteiger partial charge in [0.05, 0.1) is 5.69 Å². The van der Waals surface area contributed by atoms with Crippen LogP contribution in [0.2, 0.25) is 0 Å². The fraction of sp³-hybridized carbons (Fsp3) is 0.0909. The molecule has 2 rings (SSSR count). The van der Waals surface area contributed by atoms with Crippen molar-refractivity contribution in [1.29, 1.82) is 0 Å². The molecule has 0 saturated carbocycles. The highest BCUT2D eigenvalue weighted by atomic mass is 16.4. The van der Waals surface area contributed by atoms with Crippen molar-refractivity contribution in [2.24, 2.45) is 0 Å². The minimum Gasteiger partial charge on any atom is -0.474 e. The predicted octanol–water partition coefficient (Wildman–Crippen LogP) is 1.22. The normalized spacial score (nSPS) is 10.3. The molecule has 0 aliphatic carbocycles. The van der Waals surface area contributed by atoms with Crippen molar-refractivity contribution in [3.63, 3.8) is 0 Å². The van der Waals surface area contributed by atoms with Gasteiger partial charge in [0.2, 0.25) is 0 Å². The predicted molar refractivity (Wildman–Crippen MR) is 59.3 cm³/mol. The molecule has 1 amide bonds. The van der Waals surface area contributed by atoms with Gasteiger partial charge >= 0.3 is 11.9 Å². The second kappa shape index (κ2) is 3.69. The second-order valence-electron chi connectivity index (χ2n) is 3.39. The average Bonchev–Trinajstić information content (AvgIpc) is 2.70. The summed E-state index contributed by atoms with van der Waals surface area (Å²) < 4.78 is 0. The number of benzene rings is 1. The Morgan fingerprint density at radius 3 is 2.69 bits per heavy atom. The largest absolute Gasteiger partial charge is 0.474 e. The minimum atomic E-state index is -1.47. The first-order valence-corrected chi connectivity index (χ1v) is 4.68. The highest BCUT2D eigenvalue weighted by molar-refractivity contribution is 6.37. The van der Waals surface area contributed by atoms with E-state index >= 15 is 0 Å². The Labute approximate surface area is 91.3 Å². The maximum absolute atomic E-state index is 11.3. The molecule has 2 N–H and O–H groups in total. The van der Waals surface area contributed by atoms with Crippen LogP contribution in [0, 0.1) is 0 Å². The van der Waals surface area contributed by atoms with Gasteiger partial charge in [0.15, 0.2) is 0 Å². The van der Waals surface area contributed by atoms with Crippen LogP contribution in [0.4, 0.5) is 5.69 Å². The third-order valence-electron chi connectivity index (χ3n) is 2.42. The number of nitrogens with zero attached hydrogens (tertiary/aromatic N) is 1. The SMILES string of the molecule is CN(C(=O)C(=O)O)c1c[nH]c2ccccc12. The summed E-state index contributed by atoms with van der Waals surface area (Å²) in [6, 6.07) is 7.38. The highest BCUT2D eigenvalue weighted by Crippen LogP contribution is 2.25. The number of fused-ring (bicyclic) bond motifs is 1. The van der Waals surface area contributed by atoms with E-state index in [1.165, 1.54) is 7.05 Å². The average molecular weight is 218 g/mol. The Bertz CT molecular complexity index is 559. The minimum absolute atomic E-state index is 0.558. The molecule has 2 aromatic rings. The van der Waals surface area contributed by atoms with E-state index in [1.807, 2.05) is 24.3 Å². The van der Waals surface area contributed by atoms with Gasteiger partial charge in [-0.2, -0.15) is 0 Å². The number of amides is 1. The van der Waals surface area contributed by atoms with Crippen molar-refractivity contribution >= 4 is 28.5 Å². The zero-order valence-electron chi connectivity index (χ0n) is 8.60. The van der Waals surface area contributed by atoms with Gasteiger partial charge in [0.25, 0.3) is 0 Å². The number of carbonyl (C=O) groups is 2. The van der Waals surface area contributed by atoms with E-state index in [2.05, 4.69) is 4.98 Å². The number of aromatic amines is 1. The van der Waals surface area contributed by atoms with Crippen LogP contribution >= 0.6 is 0 Å². The number of likely N-dealkylation sites (N-methyl/N-ethyl adjacent to an activating group) is 1. The van der Waals surface area contributed by atoms with Gasteiger partial charge in [0.1, 0.15) is 0 Å². The monoisotopic (exact) mass is 218 g/mol. The third kappa shape index (κ3) is 1.52. The number of aromatic nitrogens is 1. The lowest BCUT2D eigenvalue weighted by Crippen LogP contribution is -2.32. The maximum Gasteiger partial charge on any atom is 0.394 e. The van der Waals surface area contributed by atoms with Crippen LogP contribution in [-0.4, -0.2) is 29.0 Å². The summed E-state index contributed by atoms with van der Waals surface area (Å²) in [5.74, 6) is -2.42. The molecule has 0 saturated heterocycles. The lowest BCUT2D eigenvalue weighted by molar-refractivity contribution is -0.148.